The molecular formula is C42H46HfN4. The van der Waals surface area contributed by atoms with Crippen molar-refractivity contribution in [3.8, 4) is 11.3 Å². The molecule has 0 spiro atoms. The molecule has 0 aliphatic carbocycles. The van der Waals surface area contributed by atoms with Crippen LogP contribution in [0.2, 0.25) is 0 Å². The van der Waals surface area contributed by atoms with Gasteiger partial charge in [0.2, 0.25) is 0 Å². The van der Waals surface area contributed by atoms with E-state index in [0.717, 1.165) is 29.1 Å². The topological polar surface area (TPSA) is 46.2 Å². The molecule has 0 aliphatic heterocycles. The van der Waals surface area contributed by atoms with E-state index in [0.29, 0.717) is 5.92 Å². The van der Waals surface area contributed by atoms with Gasteiger partial charge in [0.1, 0.15) is 5.69 Å². The Morgan fingerprint density at radius 2 is 1.32 bits per heavy atom. The van der Waals surface area contributed by atoms with E-state index in [1.165, 1.54) is 38.2 Å². The van der Waals surface area contributed by atoms with E-state index in [1.807, 2.05) is 22.8 Å². The molecule has 0 amide bonds. The average Bonchev–Trinajstić information content (AvgIpc) is 3.08. The van der Waals surface area contributed by atoms with Crippen LogP contribution in [0.4, 0.5) is 5.69 Å². The van der Waals surface area contributed by atoms with E-state index >= 15 is 0 Å². The SMILES string of the molecule is C[N-]C.C[N-]C.[CH2-][n+]1c(-c2[c-]cccc2)cccc1C([N-]c1c(CC)cccc1C(C)C)c1cc2ccccc2c2ccccc12.[Hf+4]. The molecule has 0 radical (unpaired) electrons. The molecule has 0 saturated heterocycles. The average molecular weight is 785 g/mol. The third kappa shape index (κ3) is 8.78. The Hall–Kier alpha value is -3.77. The summed E-state index contributed by atoms with van der Waals surface area (Å²) in [6, 6.07) is 43.9. The first-order chi connectivity index (χ1) is 22.4. The molecule has 1 unspecified atom stereocenters. The van der Waals surface area contributed by atoms with Crippen LogP contribution >= 0.6 is 0 Å². The van der Waals surface area contributed by atoms with Crippen LogP contribution in [0, 0.1) is 13.1 Å². The van der Waals surface area contributed by atoms with Crippen LogP contribution < -0.4 is 4.57 Å². The fraction of sp³-hybridized carbons (Fsp3) is 0.238. The van der Waals surface area contributed by atoms with E-state index in [4.69, 9.17) is 5.32 Å². The second-order valence-electron chi connectivity index (χ2n) is 11.6. The van der Waals surface area contributed by atoms with Crippen molar-refractivity contribution in [2.24, 2.45) is 0 Å². The Balaban J connectivity index is 0.000000799. The number of pyridine rings is 1. The third-order valence-corrected chi connectivity index (χ3v) is 7.90. The number of hydrogen-bond donors (Lipinski definition) is 0. The second-order valence-corrected chi connectivity index (χ2v) is 11.6. The predicted molar refractivity (Wildman–Crippen MR) is 198 cm³/mol. The molecule has 238 valence electrons. The van der Waals surface area contributed by atoms with Gasteiger partial charge in [-0.05, 0) is 39.9 Å². The van der Waals surface area contributed by atoms with Gasteiger partial charge in [-0.2, -0.15) is 28.2 Å². The quantitative estimate of drug-likeness (QED) is 0.0670. The number of rotatable bonds is 7. The zero-order valence-electron chi connectivity index (χ0n) is 28.8. The number of aromatic nitrogens is 1. The Labute approximate surface area is 301 Å². The van der Waals surface area contributed by atoms with Gasteiger partial charge in [-0.1, -0.05) is 134 Å². The normalized spacial score (nSPS) is 11.1. The Kier molecular flexibility index (Phi) is 14.9. The van der Waals surface area contributed by atoms with E-state index in [-0.39, 0.29) is 31.9 Å². The molecule has 6 rings (SSSR count). The van der Waals surface area contributed by atoms with Crippen LogP contribution in [0.3, 0.4) is 0 Å². The van der Waals surface area contributed by atoms with Gasteiger partial charge < -0.3 is 20.5 Å². The first kappa shape index (κ1) is 37.7. The fourth-order valence-corrected chi connectivity index (χ4v) is 5.84. The molecule has 0 bridgehead atoms. The number of benzene rings is 5. The minimum absolute atomic E-state index is 0. The number of aryl methyl sites for hydroxylation is 1. The largest absolute Gasteiger partial charge is 4.00 e. The first-order valence-corrected chi connectivity index (χ1v) is 15.9. The molecule has 5 aromatic carbocycles. The van der Waals surface area contributed by atoms with Crippen molar-refractivity contribution in [3.05, 3.63) is 167 Å². The number of hydrogen-bond acceptors (Lipinski definition) is 0. The summed E-state index contributed by atoms with van der Waals surface area (Å²) in [5.41, 5.74) is 7.88. The van der Waals surface area contributed by atoms with Crippen molar-refractivity contribution in [1.82, 2.24) is 0 Å². The Morgan fingerprint density at radius 3 is 1.96 bits per heavy atom. The van der Waals surface area contributed by atoms with Gasteiger partial charge >= 0.3 is 25.8 Å². The third-order valence-electron chi connectivity index (χ3n) is 7.90. The molecule has 5 heteroatoms. The second kappa shape index (κ2) is 18.5. The molecule has 1 atom stereocenters. The van der Waals surface area contributed by atoms with Crippen molar-refractivity contribution in [2.75, 3.05) is 28.2 Å². The summed E-state index contributed by atoms with van der Waals surface area (Å²) in [6.07, 6.45) is 0.925. The van der Waals surface area contributed by atoms with Crippen LogP contribution in [-0.4, -0.2) is 28.2 Å². The van der Waals surface area contributed by atoms with E-state index < -0.39 is 0 Å². The number of para-hydroxylation sites is 1. The van der Waals surface area contributed by atoms with E-state index in [2.05, 4.69) is 142 Å². The van der Waals surface area contributed by atoms with Crippen LogP contribution in [0.15, 0.2) is 115 Å². The van der Waals surface area contributed by atoms with Gasteiger partial charge in [0.25, 0.3) is 0 Å². The first-order valence-electron chi connectivity index (χ1n) is 15.9. The maximum Gasteiger partial charge on any atom is 4.00 e. The van der Waals surface area contributed by atoms with Crippen LogP contribution in [0.5, 0.6) is 0 Å². The standard InChI is InChI=1S/C38H34N2.2C2H6N.Hf/c1-5-27-18-13-22-30(26(2)3)37(27)39-38(36-24-14-23-35(40(36)4)28-15-7-6-8-16-28)34-25-29-17-9-10-19-31(29)32-20-11-12-21-33(32)34;2*1-3-2;/h6-15,17-26,38H,4-5H2,1-3H3;2*1-2H3;/q-2;2*-1;+4. The molecule has 1 heterocycles. The minimum atomic E-state index is -0.263. The molecule has 0 aliphatic rings. The summed E-state index contributed by atoms with van der Waals surface area (Å²) in [6.45, 7) is 6.72. The van der Waals surface area contributed by atoms with Crippen LogP contribution in [0.1, 0.15) is 55.1 Å². The maximum atomic E-state index is 5.67. The summed E-state index contributed by atoms with van der Waals surface area (Å²) in [5, 5.41) is 17.6. The Morgan fingerprint density at radius 1 is 0.702 bits per heavy atom. The van der Waals surface area contributed by atoms with Crippen molar-refractivity contribution >= 4 is 27.2 Å². The number of fused-ring (bicyclic) bond motifs is 3. The Bertz CT molecular complexity index is 1850. The monoisotopic (exact) mass is 786 g/mol. The van der Waals surface area contributed by atoms with Crippen molar-refractivity contribution in [1.29, 1.82) is 0 Å². The molecule has 6 aromatic rings. The van der Waals surface area contributed by atoms with Gasteiger partial charge in [0.15, 0.2) is 0 Å². The van der Waals surface area contributed by atoms with Gasteiger partial charge in [-0.25, -0.2) is 0 Å². The van der Waals surface area contributed by atoms with Crippen molar-refractivity contribution < 1.29 is 30.4 Å². The molecular weight excluding hydrogens is 739 g/mol. The summed E-state index contributed by atoms with van der Waals surface area (Å²) < 4.78 is 2.05. The summed E-state index contributed by atoms with van der Waals surface area (Å²) in [7, 11) is 11.6. The molecule has 0 fully saturated rings. The zero-order chi connectivity index (χ0) is 33.1. The summed E-state index contributed by atoms with van der Waals surface area (Å²) in [4.78, 5) is 0. The predicted octanol–water partition coefficient (Wildman–Crippen LogP) is 11.1. The minimum Gasteiger partial charge on any atom is -0.679 e. The van der Waals surface area contributed by atoms with Crippen LogP contribution in [-0.2, 0) is 32.3 Å². The van der Waals surface area contributed by atoms with Crippen molar-refractivity contribution in [2.45, 2.75) is 39.2 Å². The smallest absolute Gasteiger partial charge is 0.679 e. The van der Waals surface area contributed by atoms with Crippen LogP contribution in [0.25, 0.3) is 48.8 Å². The molecule has 0 N–H and O–H groups in total. The summed E-state index contributed by atoms with van der Waals surface area (Å²) >= 11 is 0. The number of nitrogens with zero attached hydrogens (tertiary/aromatic N) is 4. The van der Waals surface area contributed by atoms with Gasteiger partial charge in [-0.15, -0.1) is 36.0 Å². The van der Waals surface area contributed by atoms with E-state index in [1.54, 1.807) is 28.2 Å². The van der Waals surface area contributed by atoms with Gasteiger partial charge in [0, 0.05) is 7.05 Å². The molecule has 0 saturated carbocycles. The van der Waals surface area contributed by atoms with E-state index in [9.17, 15) is 0 Å². The maximum absolute atomic E-state index is 5.67. The van der Waals surface area contributed by atoms with Gasteiger partial charge in [0.05, 0.1) is 5.69 Å². The molecule has 4 nitrogen and oxygen atoms in total. The summed E-state index contributed by atoms with van der Waals surface area (Å²) in [5.74, 6) is 0.358. The van der Waals surface area contributed by atoms with Crippen molar-refractivity contribution in [3.63, 3.8) is 0 Å². The molecule has 47 heavy (non-hydrogen) atoms. The zero-order valence-corrected chi connectivity index (χ0v) is 32.4. The van der Waals surface area contributed by atoms with Gasteiger partial charge in [-0.3, -0.25) is 0 Å². The fourth-order valence-electron chi connectivity index (χ4n) is 5.84. The molecule has 1 aromatic heterocycles.